The van der Waals surface area contributed by atoms with Gasteiger partial charge in [0.2, 0.25) is 5.91 Å². The molecule has 126 valence electrons. The van der Waals surface area contributed by atoms with Gasteiger partial charge in [0.15, 0.2) is 0 Å². The van der Waals surface area contributed by atoms with Crippen LogP contribution in [0.2, 0.25) is 0 Å². The number of aliphatic hydroxyl groups is 1. The van der Waals surface area contributed by atoms with Crippen molar-refractivity contribution >= 4 is 28.2 Å². The van der Waals surface area contributed by atoms with Gasteiger partial charge in [0.1, 0.15) is 0 Å². The fourth-order valence-corrected chi connectivity index (χ4v) is 4.17. The number of amides is 2. The fourth-order valence-electron chi connectivity index (χ4n) is 3.19. The van der Waals surface area contributed by atoms with Gasteiger partial charge in [0.05, 0.1) is 9.88 Å². The van der Waals surface area contributed by atoms with Crippen molar-refractivity contribution in [3.63, 3.8) is 0 Å². The van der Waals surface area contributed by atoms with E-state index in [-0.39, 0.29) is 36.3 Å². The molecule has 0 bridgehead atoms. The molecule has 2 unspecified atom stereocenters. The van der Waals surface area contributed by atoms with E-state index in [1.807, 2.05) is 13.0 Å². The van der Waals surface area contributed by atoms with E-state index in [9.17, 15) is 14.7 Å². The van der Waals surface area contributed by atoms with Crippen molar-refractivity contribution in [1.82, 2.24) is 5.32 Å². The second kappa shape index (κ2) is 7.01. The Kier molecular flexibility index (Phi) is 5.02. The predicted molar refractivity (Wildman–Crippen MR) is 90.7 cm³/mol. The molecule has 2 aliphatic carbocycles. The van der Waals surface area contributed by atoms with Gasteiger partial charge in [-0.3, -0.25) is 9.59 Å². The molecule has 3 N–H and O–H groups in total. The average molecular weight is 336 g/mol. The normalized spacial score (nSPS) is 24.3. The summed E-state index contributed by atoms with van der Waals surface area (Å²) in [6.45, 7) is 2.01. The maximum absolute atomic E-state index is 12.5. The van der Waals surface area contributed by atoms with E-state index < -0.39 is 0 Å². The Morgan fingerprint density at radius 3 is 2.70 bits per heavy atom. The third-order valence-electron chi connectivity index (χ3n) is 4.78. The summed E-state index contributed by atoms with van der Waals surface area (Å²) >= 11 is 1.33. The maximum atomic E-state index is 12.5. The number of hydrogen-bond acceptors (Lipinski definition) is 4. The van der Waals surface area contributed by atoms with Gasteiger partial charge < -0.3 is 15.7 Å². The van der Waals surface area contributed by atoms with Crippen LogP contribution in [0.1, 0.15) is 53.8 Å². The predicted octanol–water partition coefficient (Wildman–Crippen LogP) is 2.69. The van der Waals surface area contributed by atoms with Crippen molar-refractivity contribution in [3.8, 4) is 0 Å². The van der Waals surface area contributed by atoms with E-state index in [2.05, 4.69) is 10.6 Å². The van der Waals surface area contributed by atoms with Crippen LogP contribution in [0.3, 0.4) is 0 Å². The third kappa shape index (κ3) is 3.93. The number of aryl methyl sites for hydroxylation is 1. The second-order valence-corrected chi connectivity index (χ2v) is 7.75. The van der Waals surface area contributed by atoms with Gasteiger partial charge in [0, 0.05) is 24.5 Å². The van der Waals surface area contributed by atoms with Gasteiger partial charge in [-0.2, -0.15) is 0 Å². The highest BCUT2D eigenvalue weighted by Gasteiger charge is 2.30. The number of nitrogens with one attached hydrogen (secondary N) is 2. The first-order chi connectivity index (χ1) is 11.1. The Bertz CT molecular complexity index is 595. The zero-order chi connectivity index (χ0) is 16.4. The van der Waals surface area contributed by atoms with Crippen LogP contribution >= 0.6 is 11.3 Å². The SMILES string of the molecule is Cc1cc(NC(=O)C2CC2)sc1C(=O)NC1CCCCC1CO. The number of carbonyl (C=O) groups is 2. The molecule has 6 heteroatoms. The van der Waals surface area contributed by atoms with Crippen LogP contribution in [0.15, 0.2) is 6.07 Å². The molecule has 0 aromatic carbocycles. The lowest BCUT2D eigenvalue weighted by molar-refractivity contribution is -0.117. The molecule has 2 aliphatic rings. The van der Waals surface area contributed by atoms with Crippen LogP contribution in [0.25, 0.3) is 0 Å². The molecule has 3 rings (SSSR count). The number of rotatable bonds is 5. The first kappa shape index (κ1) is 16.5. The summed E-state index contributed by atoms with van der Waals surface area (Å²) in [5, 5.41) is 16.2. The highest BCUT2D eigenvalue weighted by Crippen LogP contribution is 2.33. The molecule has 2 amide bonds. The van der Waals surface area contributed by atoms with Gasteiger partial charge >= 0.3 is 0 Å². The quantitative estimate of drug-likeness (QED) is 0.773. The highest BCUT2D eigenvalue weighted by atomic mass is 32.1. The molecular weight excluding hydrogens is 312 g/mol. The van der Waals surface area contributed by atoms with Crippen LogP contribution in [-0.2, 0) is 4.79 Å². The Balaban J connectivity index is 1.64. The standard InChI is InChI=1S/C17H24N2O3S/c1-10-8-14(19-16(21)11-6-7-11)23-15(10)17(22)18-13-5-3-2-4-12(13)9-20/h8,11-13,20H,2-7,9H2,1H3,(H,18,22)(H,19,21). The lowest BCUT2D eigenvalue weighted by atomic mass is 9.85. The number of anilines is 1. The molecule has 0 aliphatic heterocycles. The van der Waals surface area contributed by atoms with Gasteiger partial charge in [-0.1, -0.05) is 12.8 Å². The number of hydrogen-bond donors (Lipinski definition) is 3. The molecule has 5 nitrogen and oxygen atoms in total. The minimum absolute atomic E-state index is 0.0484. The molecule has 23 heavy (non-hydrogen) atoms. The molecule has 1 heterocycles. The minimum Gasteiger partial charge on any atom is -0.396 e. The minimum atomic E-state index is -0.0928. The zero-order valence-corrected chi connectivity index (χ0v) is 14.2. The summed E-state index contributed by atoms with van der Waals surface area (Å²) in [4.78, 5) is 25.0. The van der Waals surface area contributed by atoms with Gasteiger partial charge in [-0.05, 0) is 44.2 Å². The molecule has 0 saturated heterocycles. The van der Waals surface area contributed by atoms with Crippen molar-refractivity contribution in [3.05, 3.63) is 16.5 Å². The van der Waals surface area contributed by atoms with E-state index in [1.165, 1.54) is 11.3 Å². The van der Waals surface area contributed by atoms with Crippen LogP contribution in [0, 0.1) is 18.8 Å². The first-order valence-corrected chi connectivity index (χ1v) is 9.23. The maximum Gasteiger partial charge on any atom is 0.261 e. The molecule has 2 fully saturated rings. The average Bonchev–Trinajstić information content (AvgIpc) is 3.32. The van der Waals surface area contributed by atoms with Gasteiger partial charge in [0.25, 0.3) is 5.91 Å². The Labute approximate surface area is 140 Å². The Morgan fingerprint density at radius 2 is 2.00 bits per heavy atom. The van der Waals surface area contributed by atoms with E-state index >= 15 is 0 Å². The topological polar surface area (TPSA) is 78.4 Å². The summed E-state index contributed by atoms with van der Waals surface area (Å²) in [7, 11) is 0. The van der Waals surface area contributed by atoms with Crippen molar-refractivity contribution in [2.45, 2.75) is 51.5 Å². The van der Waals surface area contributed by atoms with Gasteiger partial charge in [-0.25, -0.2) is 0 Å². The lowest BCUT2D eigenvalue weighted by Gasteiger charge is -2.30. The fraction of sp³-hybridized carbons (Fsp3) is 0.647. The zero-order valence-electron chi connectivity index (χ0n) is 13.4. The molecule has 2 atom stereocenters. The molecule has 1 aromatic rings. The molecular formula is C17H24N2O3S. The van der Waals surface area contributed by atoms with Crippen molar-refractivity contribution in [2.24, 2.45) is 11.8 Å². The van der Waals surface area contributed by atoms with Crippen LogP contribution in [-0.4, -0.2) is 29.6 Å². The van der Waals surface area contributed by atoms with Crippen LogP contribution in [0.4, 0.5) is 5.00 Å². The van der Waals surface area contributed by atoms with E-state index in [4.69, 9.17) is 0 Å². The molecule has 0 spiro atoms. The summed E-state index contributed by atoms with van der Waals surface area (Å²) in [6.07, 6.45) is 6.03. The molecule has 0 radical (unpaired) electrons. The van der Waals surface area contributed by atoms with Gasteiger partial charge in [-0.15, -0.1) is 11.3 Å². The summed E-state index contributed by atoms with van der Waals surface area (Å²) in [5.74, 6) is 0.278. The number of aliphatic hydroxyl groups excluding tert-OH is 1. The summed E-state index contributed by atoms with van der Waals surface area (Å²) in [6, 6.07) is 1.91. The van der Waals surface area contributed by atoms with Crippen molar-refractivity contribution in [1.29, 1.82) is 0 Å². The summed E-state index contributed by atoms with van der Waals surface area (Å²) in [5.41, 5.74) is 0.884. The Morgan fingerprint density at radius 1 is 1.26 bits per heavy atom. The molecule has 2 saturated carbocycles. The first-order valence-electron chi connectivity index (χ1n) is 8.41. The van der Waals surface area contributed by atoms with Crippen LogP contribution in [0.5, 0.6) is 0 Å². The van der Waals surface area contributed by atoms with E-state index in [0.717, 1.165) is 49.1 Å². The summed E-state index contributed by atoms with van der Waals surface area (Å²) < 4.78 is 0. The van der Waals surface area contributed by atoms with Crippen LogP contribution < -0.4 is 10.6 Å². The lowest BCUT2D eigenvalue weighted by Crippen LogP contribution is -2.43. The Hall–Kier alpha value is -1.40. The number of thiophene rings is 1. The van der Waals surface area contributed by atoms with E-state index in [1.54, 1.807) is 0 Å². The largest absolute Gasteiger partial charge is 0.396 e. The monoisotopic (exact) mass is 336 g/mol. The second-order valence-electron chi connectivity index (χ2n) is 6.69. The van der Waals surface area contributed by atoms with E-state index in [0.29, 0.717) is 4.88 Å². The number of carbonyl (C=O) groups excluding carboxylic acids is 2. The third-order valence-corrected chi connectivity index (χ3v) is 5.93. The van der Waals surface area contributed by atoms with Crippen molar-refractivity contribution in [2.75, 3.05) is 11.9 Å². The molecule has 1 aromatic heterocycles. The smallest absolute Gasteiger partial charge is 0.261 e. The van der Waals surface area contributed by atoms with Crippen molar-refractivity contribution < 1.29 is 14.7 Å². The highest BCUT2D eigenvalue weighted by molar-refractivity contribution is 7.18.